The van der Waals surface area contributed by atoms with Crippen LogP contribution in [0.1, 0.15) is 48.5 Å². The van der Waals surface area contributed by atoms with Gasteiger partial charge in [-0.1, -0.05) is 19.3 Å². The molecular weight excluding hydrogens is 464 g/mol. The number of Topliss-reactive ketones (excluding diaryl/α,β-unsaturated/α-hetero) is 1. The second kappa shape index (κ2) is 8.66. The molecule has 1 aliphatic carbocycles. The Balaban J connectivity index is 1.68. The number of nitrogens with zero attached hydrogens (tertiary/aromatic N) is 2. The Labute approximate surface area is 199 Å². The van der Waals surface area contributed by atoms with Crippen LogP contribution in [0.3, 0.4) is 0 Å². The first-order valence-electron chi connectivity index (χ1n) is 11.4. The van der Waals surface area contributed by atoms with Crippen LogP contribution in [0.25, 0.3) is 11.0 Å². The van der Waals surface area contributed by atoms with Gasteiger partial charge in [0.2, 0.25) is 11.8 Å². The molecular formula is C23H25ClN4O6. The van der Waals surface area contributed by atoms with Crippen molar-refractivity contribution in [2.24, 2.45) is 11.7 Å². The number of fused-ring (bicyclic) bond motifs is 2. The molecule has 3 N–H and O–H groups in total. The van der Waals surface area contributed by atoms with Crippen LogP contribution in [0.15, 0.2) is 27.8 Å². The molecule has 1 saturated carbocycles. The Morgan fingerprint density at radius 1 is 1.15 bits per heavy atom. The number of halogens is 1. The lowest BCUT2D eigenvalue weighted by molar-refractivity contribution is -0.141. The number of nitrogens with one attached hydrogen (secondary N) is 1. The molecule has 0 radical (unpaired) electrons. The molecule has 2 aliphatic heterocycles. The number of hydrogen-bond donors (Lipinski definition) is 2. The van der Waals surface area contributed by atoms with Crippen LogP contribution in [0, 0.1) is 5.92 Å². The molecule has 4 atom stereocenters. The number of amides is 2. The van der Waals surface area contributed by atoms with Crippen LogP contribution in [0.5, 0.6) is 0 Å². The van der Waals surface area contributed by atoms with Gasteiger partial charge in [0.25, 0.3) is 0 Å². The van der Waals surface area contributed by atoms with E-state index in [0.717, 1.165) is 19.3 Å². The number of likely N-dealkylation sites (tertiary alicyclic amines) is 1. The maximum atomic E-state index is 14.1. The molecule has 180 valence electrons. The van der Waals surface area contributed by atoms with Gasteiger partial charge in [0.05, 0.1) is 16.4 Å². The normalized spacial score (nSPS) is 26.1. The van der Waals surface area contributed by atoms with Crippen molar-refractivity contribution >= 4 is 40.2 Å². The molecule has 34 heavy (non-hydrogen) atoms. The van der Waals surface area contributed by atoms with Crippen LogP contribution < -0.4 is 16.9 Å². The lowest BCUT2D eigenvalue weighted by Crippen LogP contribution is -2.50. The highest BCUT2D eigenvalue weighted by atomic mass is 35.5. The molecule has 11 heteroatoms. The van der Waals surface area contributed by atoms with E-state index in [-0.39, 0.29) is 35.9 Å². The molecule has 3 aliphatic rings. The lowest BCUT2D eigenvalue weighted by Gasteiger charge is -2.35. The van der Waals surface area contributed by atoms with E-state index in [1.807, 2.05) is 0 Å². The predicted molar refractivity (Wildman–Crippen MR) is 123 cm³/mol. The van der Waals surface area contributed by atoms with E-state index in [4.69, 9.17) is 22.1 Å². The first-order chi connectivity index (χ1) is 16.3. The minimum Gasteiger partial charge on any atom is -0.366 e. The maximum Gasteiger partial charge on any atom is 0.317 e. The maximum absolute atomic E-state index is 14.1. The summed E-state index contributed by atoms with van der Waals surface area (Å²) in [6, 6.07) is 2.57. The summed E-state index contributed by atoms with van der Waals surface area (Å²) in [5.41, 5.74) is 4.31. The van der Waals surface area contributed by atoms with Gasteiger partial charge in [-0.2, -0.15) is 0 Å². The molecule has 2 aromatic rings. The Morgan fingerprint density at radius 3 is 2.59 bits per heavy atom. The number of alkyl halides is 1. The van der Waals surface area contributed by atoms with Crippen LogP contribution in [-0.2, 0) is 14.3 Å². The second-order valence-corrected chi connectivity index (χ2v) is 9.82. The number of nitrogens with two attached hydrogens (primary N) is 1. The van der Waals surface area contributed by atoms with Crippen molar-refractivity contribution in [3.05, 3.63) is 44.5 Å². The van der Waals surface area contributed by atoms with Gasteiger partial charge in [-0.3, -0.25) is 28.5 Å². The fourth-order valence-electron chi connectivity index (χ4n) is 5.64. The highest BCUT2D eigenvalue weighted by Gasteiger charge is 2.53. The Morgan fingerprint density at radius 2 is 1.88 bits per heavy atom. The van der Waals surface area contributed by atoms with Crippen LogP contribution in [0.2, 0.25) is 0 Å². The Bertz CT molecular complexity index is 1300. The van der Waals surface area contributed by atoms with E-state index in [2.05, 4.69) is 4.98 Å². The summed E-state index contributed by atoms with van der Waals surface area (Å²) in [7, 11) is 0. The minimum atomic E-state index is -0.993. The highest BCUT2D eigenvalue weighted by molar-refractivity contribution is 6.22. The molecule has 1 aromatic heterocycles. The van der Waals surface area contributed by atoms with Crippen LogP contribution in [0.4, 0.5) is 0 Å². The Kier molecular flexibility index (Phi) is 5.81. The van der Waals surface area contributed by atoms with Gasteiger partial charge in [0, 0.05) is 12.1 Å². The SMILES string of the molecule is NC(=O)c1ccc2c(c1)[nH]c(=O)c(=O)n2[C@H](C(=O)N1C[C@H](Cl)[C@H]2OCC(=O)[C@H]21)C1CCCCC1. The number of carbonyl (C=O) groups excluding carboxylic acids is 3. The number of aromatic nitrogens is 2. The number of ether oxygens (including phenoxy) is 1. The molecule has 0 bridgehead atoms. The van der Waals surface area contributed by atoms with Gasteiger partial charge in [-0.05, 0) is 37.0 Å². The standard InChI is InChI=1S/C23H25ClN4O6/c24-13-9-27(18-16(29)10-34-19(13)18)22(32)17(11-4-2-1-3-5-11)28-15-7-6-12(20(25)30)8-14(15)26-21(31)23(28)33/h6-8,11,13,17-19H,1-5,9-10H2,(H2,25,30)(H,26,31)/t13-,17-,18+,19+/m0/s1. The molecule has 1 aromatic carbocycles. The smallest absolute Gasteiger partial charge is 0.317 e. The third-order valence-electron chi connectivity index (χ3n) is 7.23. The van der Waals surface area contributed by atoms with E-state index >= 15 is 0 Å². The molecule has 2 amide bonds. The summed E-state index contributed by atoms with van der Waals surface area (Å²) in [5.74, 6) is -1.53. The zero-order valence-corrected chi connectivity index (χ0v) is 19.1. The van der Waals surface area contributed by atoms with Gasteiger partial charge in [0.15, 0.2) is 5.78 Å². The van der Waals surface area contributed by atoms with Gasteiger partial charge in [-0.15, -0.1) is 11.6 Å². The van der Waals surface area contributed by atoms with E-state index in [9.17, 15) is 24.0 Å². The fraction of sp³-hybridized carbons (Fsp3) is 0.522. The highest BCUT2D eigenvalue weighted by Crippen LogP contribution is 2.38. The third kappa shape index (κ3) is 3.65. The number of aromatic amines is 1. The number of hydrogen-bond acceptors (Lipinski definition) is 6. The predicted octanol–water partition coefficient (Wildman–Crippen LogP) is 0.696. The minimum absolute atomic E-state index is 0.111. The summed E-state index contributed by atoms with van der Waals surface area (Å²) in [4.78, 5) is 68.0. The molecule has 0 spiro atoms. The summed E-state index contributed by atoms with van der Waals surface area (Å²) < 4.78 is 6.75. The molecule has 5 rings (SSSR count). The van der Waals surface area contributed by atoms with E-state index in [1.54, 1.807) is 0 Å². The second-order valence-electron chi connectivity index (χ2n) is 9.26. The first-order valence-corrected chi connectivity index (χ1v) is 11.9. The number of primary amides is 1. The van der Waals surface area contributed by atoms with Crippen molar-refractivity contribution in [1.29, 1.82) is 0 Å². The first kappa shape index (κ1) is 22.8. The van der Waals surface area contributed by atoms with Gasteiger partial charge >= 0.3 is 11.1 Å². The number of carbonyl (C=O) groups is 3. The molecule has 2 saturated heterocycles. The zero-order chi connectivity index (χ0) is 24.1. The van der Waals surface area contributed by atoms with Crippen molar-refractivity contribution in [2.45, 2.75) is 55.7 Å². The van der Waals surface area contributed by atoms with E-state index in [1.165, 1.54) is 27.7 Å². The monoisotopic (exact) mass is 488 g/mol. The lowest BCUT2D eigenvalue weighted by atomic mass is 9.82. The summed E-state index contributed by atoms with van der Waals surface area (Å²) in [6.45, 7) is 0.00653. The van der Waals surface area contributed by atoms with Gasteiger partial charge < -0.3 is 20.4 Å². The summed E-state index contributed by atoms with van der Waals surface area (Å²) in [6.07, 6.45) is 3.62. The molecule has 3 fully saturated rings. The van der Waals surface area contributed by atoms with Crippen LogP contribution in [-0.4, -0.2) is 62.7 Å². The molecule has 3 heterocycles. The topological polar surface area (TPSA) is 145 Å². The number of rotatable bonds is 4. The van der Waals surface area contributed by atoms with Gasteiger partial charge in [-0.25, -0.2) is 0 Å². The number of ketones is 1. The van der Waals surface area contributed by atoms with Crippen LogP contribution >= 0.6 is 11.6 Å². The third-order valence-corrected chi connectivity index (χ3v) is 7.62. The molecule has 0 unspecified atom stereocenters. The van der Waals surface area contributed by atoms with Crippen molar-refractivity contribution in [1.82, 2.24) is 14.5 Å². The number of benzene rings is 1. The summed E-state index contributed by atoms with van der Waals surface area (Å²) in [5, 5.41) is -0.543. The Hall–Kier alpha value is -2.98. The van der Waals surface area contributed by atoms with E-state index < -0.39 is 46.5 Å². The average molecular weight is 489 g/mol. The van der Waals surface area contributed by atoms with Gasteiger partial charge in [0.1, 0.15) is 24.8 Å². The largest absolute Gasteiger partial charge is 0.366 e. The van der Waals surface area contributed by atoms with Crippen molar-refractivity contribution in [3.63, 3.8) is 0 Å². The summed E-state index contributed by atoms with van der Waals surface area (Å²) >= 11 is 6.41. The van der Waals surface area contributed by atoms with E-state index in [0.29, 0.717) is 18.4 Å². The fourth-order valence-corrected chi connectivity index (χ4v) is 6.00. The zero-order valence-electron chi connectivity index (χ0n) is 18.4. The van der Waals surface area contributed by atoms with Crippen molar-refractivity contribution in [3.8, 4) is 0 Å². The quantitative estimate of drug-likeness (QED) is 0.478. The average Bonchev–Trinajstić information content (AvgIpc) is 3.37. The van der Waals surface area contributed by atoms with Crippen molar-refractivity contribution in [2.75, 3.05) is 13.2 Å². The number of H-pyrrole nitrogens is 1. The molecule has 10 nitrogen and oxygen atoms in total. The van der Waals surface area contributed by atoms with Crippen molar-refractivity contribution < 1.29 is 19.1 Å².